The maximum Gasteiger partial charge on any atom is 0.345 e. The van der Waals surface area contributed by atoms with Gasteiger partial charge in [-0.25, -0.2) is 0 Å². The van der Waals surface area contributed by atoms with E-state index in [2.05, 4.69) is 0 Å². The van der Waals surface area contributed by atoms with Crippen molar-refractivity contribution in [2.75, 3.05) is 11.2 Å². The lowest BCUT2D eigenvalue weighted by atomic mass is 10.3. The summed E-state index contributed by atoms with van der Waals surface area (Å²) < 4.78 is 10.9. The fourth-order valence-corrected chi connectivity index (χ4v) is 2.59. The van der Waals surface area contributed by atoms with E-state index in [1.54, 1.807) is 17.5 Å². The Balaban J connectivity index is 2.95. The molecule has 0 aromatic carbocycles. The molecule has 1 atom stereocenters. The maximum absolute atomic E-state index is 11.7. The van der Waals surface area contributed by atoms with Gasteiger partial charge in [0, 0.05) is 0 Å². The molecule has 0 aliphatic rings. The molecule has 4 N–H and O–H groups in total. The Morgan fingerprint density at radius 1 is 1.69 bits per heavy atom. The Kier molecular flexibility index (Phi) is 4.23. The molecular formula is C8H13N2O4PS. The largest absolute Gasteiger partial charge is 0.345 e. The zero-order valence-electron chi connectivity index (χ0n) is 8.61. The molecule has 0 aliphatic carbocycles. The standard InChI is InChI=1S/C8H13N2O4PS/c1-6(9)8(11)10(5-15(12,13)14)7-3-2-4-16-7/h2-4,6H,5,9H2,1H3,(H2,12,13,14)/t6-/m0/s1. The van der Waals surface area contributed by atoms with Crippen molar-refractivity contribution in [2.45, 2.75) is 13.0 Å². The van der Waals surface area contributed by atoms with Gasteiger partial charge in [-0.3, -0.25) is 14.3 Å². The number of amides is 1. The second-order valence-corrected chi connectivity index (χ2v) is 5.85. The minimum Gasteiger partial charge on any atom is -0.323 e. The predicted molar refractivity (Wildman–Crippen MR) is 62.4 cm³/mol. The maximum atomic E-state index is 11.7. The van der Waals surface area contributed by atoms with E-state index in [4.69, 9.17) is 15.5 Å². The summed E-state index contributed by atoms with van der Waals surface area (Å²) in [5.74, 6) is -0.509. The molecule has 1 rings (SSSR count). The van der Waals surface area contributed by atoms with Crippen LogP contribution in [0.4, 0.5) is 5.00 Å². The van der Waals surface area contributed by atoms with Crippen molar-refractivity contribution >= 4 is 29.8 Å². The highest BCUT2D eigenvalue weighted by Crippen LogP contribution is 2.38. The average Bonchev–Trinajstić information content (AvgIpc) is 2.64. The van der Waals surface area contributed by atoms with Gasteiger partial charge in [0.15, 0.2) is 0 Å². The number of carbonyl (C=O) groups is 1. The van der Waals surface area contributed by atoms with Crippen LogP contribution in [0.15, 0.2) is 17.5 Å². The van der Waals surface area contributed by atoms with Crippen molar-refractivity contribution in [3.05, 3.63) is 17.5 Å². The summed E-state index contributed by atoms with van der Waals surface area (Å²) in [6, 6.07) is 2.51. The van der Waals surface area contributed by atoms with Crippen LogP contribution < -0.4 is 10.6 Å². The minimum atomic E-state index is -4.30. The van der Waals surface area contributed by atoms with Crippen molar-refractivity contribution in [3.8, 4) is 0 Å². The monoisotopic (exact) mass is 264 g/mol. The zero-order chi connectivity index (χ0) is 12.3. The van der Waals surface area contributed by atoms with Crippen LogP contribution in [0, 0.1) is 0 Å². The number of carbonyl (C=O) groups excluding carboxylic acids is 1. The third-order valence-corrected chi connectivity index (χ3v) is 3.30. The lowest BCUT2D eigenvalue weighted by molar-refractivity contribution is -0.119. The highest BCUT2D eigenvalue weighted by Gasteiger charge is 2.27. The normalized spacial score (nSPS) is 13.5. The number of nitrogens with two attached hydrogens (primary N) is 1. The van der Waals surface area contributed by atoms with Gasteiger partial charge in [-0.05, 0) is 24.4 Å². The minimum absolute atomic E-state index is 0.477. The van der Waals surface area contributed by atoms with E-state index in [1.165, 1.54) is 18.3 Å². The third kappa shape index (κ3) is 3.70. The number of anilines is 1. The predicted octanol–water partition coefficient (Wildman–Crippen LogP) is 0.564. The second-order valence-electron chi connectivity index (χ2n) is 3.31. The first-order valence-electron chi connectivity index (χ1n) is 4.46. The Hall–Kier alpha value is -0.720. The molecule has 0 saturated heterocycles. The summed E-state index contributed by atoms with van der Waals surface area (Å²) in [5, 5.41) is 2.20. The number of nitrogens with zero attached hydrogens (tertiary/aromatic N) is 1. The van der Waals surface area contributed by atoms with Gasteiger partial charge in [-0.15, -0.1) is 11.3 Å². The summed E-state index contributed by atoms with van der Waals surface area (Å²) in [6.07, 6.45) is -0.645. The van der Waals surface area contributed by atoms with E-state index < -0.39 is 25.8 Å². The summed E-state index contributed by atoms with van der Waals surface area (Å²) in [5.41, 5.74) is 5.42. The van der Waals surface area contributed by atoms with Crippen molar-refractivity contribution in [1.29, 1.82) is 0 Å². The highest BCUT2D eigenvalue weighted by atomic mass is 32.1. The molecule has 16 heavy (non-hydrogen) atoms. The summed E-state index contributed by atoms with van der Waals surface area (Å²) in [4.78, 5) is 30.5. The number of hydrogen-bond donors (Lipinski definition) is 3. The van der Waals surface area contributed by atoms with Crippen molar-refractivity contribution < 1.29 is 19.1 Å². The first kappa shape index (κ1) is 13.3. The summed E-state index contributed by atoms with van der Waals surface area (Å²) >= 11 is 1.22. The number of hydrogen-bond acceptors (Lipinski definition) is 4. The first-order chi connectivity index (χ1) is 7.31. The highest BCUT2D eigenvalue weighted by molar-refractivity contribution is 7.52. The van der Waals surface area contributed by atoms with Crippen LogP contribution in [-0.2, 0) is 9.36 Å². The molecule has 1 aromatic heterocycles. The van der Waals surface area contributed by atoms with Crippen LogP contribution in [0.25, 0.3) is 0 Å². The third-order valence-electron chi connectivity index (χ3n) is 1.75. The van der Waals surface area contributed by atoms with Crippen LogP contribution in [-0.4, -0.2) is 28.0 Å². The molecule has 0 fully saturated rings. The zero-order valence-corrected chi connectivity index (χ0v) is 10.3. The fourth-order valence-electron chi connectivity index (χ4n) is 1.10. The van der Waals surface area contributed by atoms with E-state index in [0.717, 1.165) is 4.90 Å². The Bertz CT molecular complexity index is 400. The van der Waals surface area contributed by atoms with E-state index in [-0.39, 0.29) is 0 Å². The number of rotatable bonds is 4. The Morgan fingerprint density at radius 3 is 2.69 bits per heavy atom. The van der Waals surface area contributed by atoms with Crippen LogP contribution in [0.3, 0.4) is 0 Å². The molecule has 0 radical (unpaired) electrons. The fraction of sp³-hybridized carbons (Fsp3) is 0.375. The van der Waals surface area contributed by atoms with Gasteiger partial charge >= 0.3 is 7.60 Å². The Labute approximate surface area is 96.8 Å². The lowest BCUT2D eigenvalue weighted by Crippen LogP contribution is -2.42. The molecule has 0 saturated carbocycles. The molecule has 6 nitrogen and oxygen atoms in total. The van der Waals surface area contributed by atoms with Crippen molar-refractivity contribution in [2.24, 2.45) is 5.73 Å². The second kappa shape index (κ2) is 5.07. The molecule has 1 amide bonds. The molecule has 1 aromatic rings. The van der Waals surface area contributed by atoms with Gasteiger partial charge in [-0.1, -0.05) is 0 Å². The van der Waals surface area contributed by atoms with Gasteiger partial charge in [0.25, 0.3) is 0 Å². The smallest absolute Gasteiger partial charge is 0.323 e. The van der Waals surface area contributed by atoms with Crippen LogP contribution in [0.2, 0.25) is 0 Å². The topological polar surface area (TPSA) is 104 Å². The average molecular weight is 264 g/mol. The quantitative estimate of drug-likeness (QED) is 0.689. The van der Waals surface area contributed by atoms with Gasteiger partial charge in [0.1, 0.15) is 6.29 Å². The van der Waals surface area contributed by atoms with Gasteiger partial charge < -0.3 is 15.5 Å². The first-order valence-corrected chi connectivity index (χ1v) is 7.14. The molecule has 0 spiro atoms. The van der Waals surface area contributed by atoms with Crippen molar-refractivity contribution in [3.63, 3.8) is 0 Å². The molecule has 90 valence electrons. The molecule has 0 unspecified atom stereocenters. The molecular weight excluding hydrogens is 251 g/mol. The van der Waals surface area contributed by atoms with Crippen LogP contribution in [0.1, 0.15) is 6.92 Å². The van der Waals surface area contributed by atoms with E-state index >= 15 is 0 Å². The Morgan fingerprint density at radius 2 is 2.31 bits per heavy atom. The summed E-state index contributed by atoms with van der Waals surface area (Å²) in [7, 11) is -4.30. The molecule has 1 heterocycles. The molecule has 0 bridgehead atoms. The lowest BCUT2D eigenvalue weighted by Gasteiger charge is -2.22. The SMILES string of the molecule is C[C@H](N)C(=O)N(CP(=O)(O)O)c1cccs1. The molecule has 0 aliphatic heterocycles. The van der Waals surface area contributed by atoms with E-state index in [9.17, 15) is 9.36 Å². The van der Waals surface area contributed by atoms with Gasteiger partial charge in [0.05, 0.1) is 11.0 Å². The van der Waals surface area contributed by atoms with Gasteiger partial charge in [0.2, 0.25) is 5.91 Å². The van der Waals surface area contributed by atoms with E-state index in [0.29, 0.717) is 5.00 Å². The summed E-state index contributed by atoms with van der Waals surface area (Å²) in [6.45, 7) is 1.47. The van der Waals surface area contributed by atoms with Crippen LogP contribution >= 0.6 is 18.9 Å². The van der Waals surface area contributed by atoms with Crippen molar-refractivity contribution in [1.82, 2.24) is 0 Å². The van der Waals surface area contributed by atoms with E-state index in [1.807, 2.05) is 0 Å². The van der Waals surface area contributed by atoms with Gasteiger partial charge in [-0.2, -0.15) is 0 Å². The van der Waals surface area contributed by atoms with Crippen LogP contribution in [0.5, 0.6) is 0 Å². The number of thiophene rings is 1. The molecule has 8 heteroatoms.